The van der Waals surface area contributed by atoms with Gasteiger partial charge in [-0.1, -0.05) is 17.7 Å². The van der Waals surface area contributed by atoms with Crippen LogP contribution in [0.25, 0.3) is 0 Å². The summed E-state index contributed by atoms with van der Waals surface area (Å²) in [6, 6.07) is 3.67. The quantitative estimate of drug-likeness (QED) is 0.829. The van der Waals surface area contributed by atoms with Crippen LogP contribution < -0.4 is 5.32 Å². The third-order valence-corrected chi connectivity index (χ3v) is 2.43. The lowest BCUT2D eigenvalue weighted by atomic mass is 10.0. The van der Waals surface area contributed by atoms with Gasteiger partial charge in [-0.05, 0) is 19.2 Å². The fraction of sp³-hybridized carbons (Fsp3) is 0.364. The molecule has 0 amide bonds. The first kappa shape index (κ1) is 13.1. The molecule has 0 aromatic heterocycles. The van der Waals surface area contributed by atoms with Crippen molar-refractivity contribution in [3.8, 4) is 0 Å². The molecule has 0 aliphatic carbocycles. The second kappa shape index (κ2) is 4.89. The van der Waals surface area contributed by atoms with E-state index in [-0.39, 0.29) is 28.5 Å². The summed E-state index contributed by atoms with van der Waals surface area (Å²) in [6.45, 7) is 0.912. The van der Waals surface area contributed by atoms with E-state index in [4.69, 9.17) is 11.6 Å². The van der Waals surface area contributed by atoms with Gasteiger partial charge in [-0.3, -0.25) is 4.79 Å². The molecule has 0 fully saturated rings. The third kappa shape index (κ3) is 3.00. The Balaban J connectivity index is 3.05. The zero-order valence-electron chi connectivity index (χ0n) is 8.98. The molecule has 0 heterocycles. The van der Waals surface area contributed by atoms with Crippen LogP contribution in [0.2, 0.25) is 5.02 Å². The summed E-state index contributed by atoms with van der Waals surface area (Å²) in [4.78, 5) is 11.5. The molecule has 1 rings (SSSR count). The molecule has 0 aliphatic heterocycles. The average molecular weight is 248 g/mol. The lowest BCUT2D eigenvalue weighted by Gasteiger charge is -2.12. The van der Waals surface area contributed by atoms with E-state index < -0.39 is 5.92 Å². The van der Waals surface area contributed by atoms with Crippen molar-refractivity contribution < 1.29 is 13.6 Å². The van der Waals surface area contributed by atoms with E-state index in [1.165, 1.54) is 12.1 Å². The minimum Gasteiger partial charge on any atom is -0.313 e. The smallest absolute Gasteiger partial charge is 0.270 e. The first-order chi connectivity index (χ1) is 7.36. The van der Waals surface area contributed by atoms with Crippen LogP contribution in [0.3, 0.4) is 0 Å². The Morgan fingerprint density at radius 2 is 2.12 bits per heavy atom. The maximum Gasteiger partial charge on any atom is 0.270 e. The van der Waals surface area contributed by atoms with Gasteiger partial charge in [0, 0.05) is 18.1 Å². The summed E-state index contributed by atoms with van der Waals surface area (Å²) in [5, 5.41) is 2.74. The molecule has 2 nitrogen and oxygen atoms in total. The minimum absolute atomic E-state index is 0.0549. The average Bonchev–Trinajstić information content (AvgIpc) is 2.16. The Hall–Kier alpha value is -1.00. The molecule has 0 spiro atoms. The van der Waals surface area contributed by atoms with Crippen molar-refractivity contribution in [1.29, 1.82) is 0 Å². The van der Waals surface area contributed by atoms with Crippen molar-refractivity contribution in [3.05, 3.63) is 34.3 Å². The summed E-state index contributed by atoms with van der Waals surface area (Å²) in [5.74, 6) is -3.17. The predicted molar refractivity (Wildman–Crippen MR) is 59.3 cm³/mol. The first-order valence-electron chi connectivity index (χ1n) is 4.72. The van der Waals surface area contributed by atoms with E-state index in [1.54, 1.807) is 7.05 Å². The maximum absolute atomic E-state index is 13.0. The second-order valence-electron chi connectivity index (χ2n) is 3.54. The molecule has 0 atom stereocenters. The van der Waals surface area contributed by atoms with Crippen LogP contribution in [0, 0.1) is 0 Å². The highest BCUT2D eigenvalue weighted by Gasteiger charge is 2.25. The molecule has 1 aromatic carbocycles. The molecule has 1 aromatic rings. The Morgan fingerprint density at radius 1 is 1.50 bits per heavy atom. The summed E-state index contributed by atoms with van der Waals surface area (Å²) >= 11 is 5.78. The number of halogens is 3. The van der Waals surface area contributed by atoms with Gasteiger partial charge in [-0.15, -0.1) is 0 Å². The highest BCUT2D eigenvalue weighted by molar-refractivity contribution is 6.34. The van der Waals surface area contributed by atoms with E-state index in [9.17, 15) is 13.6 Å². The van der Waals surface area contributed by atoms with Crippen LogP contribution >= 0.6 is 11.6 Å². The van der Waals surface area contributed by atoms with Crippen LogP contribution in [0.15, 0.2) is 18.2 Å². The molecule has 5 heteroatoms. The number of Topliss-reactive ketones (excluding diaryl/α,β-unsaturated/α-hetero) is 1. The Morgan fingerprint density at radius 3 is 2.56 bits per heavy atom. The molecule has 0 bridgehead atoms. The van der Waals surface area contributed by atoms with Gasteiger partial charge in [0.2, 0.25) is 0 Å². The Bertz CT molecular complexity index is 401. The van der Waals surface area contributed by atoms with Gasteiger partial charge < -0.3 is 5.32 Å². The molecule has 0 saturated heterocycles. The van der Waals surface area contributed by atoms with E-state index in [0.717, 1.165) is 13.0 Å². The molecule has 0 aliphatic rings. The highest BCUT2D eigenvalue weighted by atomic mass is 35.5. The standard InChI is InChI=1S/C11H12ClF2NO/c1-11(13,14)7-3-4-8(9(12)5-7)10(16)6-15-2/h3-5,15H,6H2,1-2H3. The third-order valence-electron chi connectivity index (χ3n) is 2.11. The molecule has 16 heavy (non-hydrogen) atoms. The Labute approximate surface area is 97.6 Å². The molecule has 1 N–H and O–H groups in total. The van der Waals surface area contributed by atoms with Crippen molar-refractivity contribution in [2.24, 2.45) is 0 Å². The fourth-order valence-corrected chi connectivity index (χ4v) is 1.56. The number of carbonyl (C=O) groups excluding carboxylic acids is 1. The normalized spacial score (nSPS) is 11.6. The number of alkyl halides is 2. The number of likely N-dealkylation sites (N-methyl/N-ethyl adjacent to an activating group) is 1. The second-order valence-corrected chi connectivity index (χ2v) is 3.94. The zero-order valence-corrected chi connectivity index (χ0v) is 9.74. The van der Waals surface area contributed by atoms with E-state index in [1.807, 2.05) is 0 Å². The SMILES string of the molecule is CNCC(=O)c1ccc(C(C)(F)F)cc1Cl. The van der Waals surface area contributed by atoms with Crippen molar-refractivity contribution >= 4 is 17.4 Å². The molecule has 0 unspecified atom stereocenters. The van der Waals surface area contributed by atoms with Crippen LogP contribution in [-0.2, 0) is 5.92 Å². The zero-order chi connectivity index (χ0) is 12.3. The summed E-state index contributed by atoms with van der Waals surface area (Å²) in [7, 11) is 1.63. The van der Waals surface area contributed by atoms with Gasteiger partial charge in [0.25, 0.3) is 5.92 Å². The van der Waals surface area contributed by atoms with Gasteiger partial charge in [-0.2, -0.15) is 0 Å². The van der Waals surface area contributed by atoms with Gasteiger partial charge in [0.15, 0.2) is 5.78 Å². The van der Waals surface area contributed by atoms with Gasteiger partial charge in [-0.25, -0.2) is 8.78 Å². The van der Waals surface area contributed by atoms with Crippen molar-refractivity contribution in [3.63, 3.8) is 0 Å². The molecular weight excluding hydrogens is 236 g/mol. The van der Waals surface area contributed by atoms with Crippen molar-refractivity contribution in [2.75, 3.05) is 13.6 Å². The molecular formula is C11H12ClF2NO. The highest BCUT2D eigenvalue weighted by Crippen LogP contribution is 2.30. The molecule has 0 radical (unpaired) electrons. The summed E-state index contributed by atoms with van der Waals surface area (Å²) < 4.78 is 25.9. The number of hydrogen-bond donors (Lipinski definition) is 1. The van der Waals surface area contributed by atoms with Crippen LogP contribution in [0.4, 0.5) is 8.78 Å². The van der Waals surface area contributed by atoms with Crippen molar-refractivity contribution in [1.82, 2.24) is 5.32 Å². The Kier molecular flexibility index (Phi) is 3.99. The number of nitrogens with one attached hydrogen (secondary N) is 1. The number of ketones is 1. The number of carbonyl (C=O) groups is 1. The lowest BCUT2D eigenvalue weighted by molar-refractivity contribution is 0.0174. The van der Waals surface area contributed by atoms with E-state index >= 15 is 0 Å². The van der Waals surface area contributed by atoms with Crippen molar-refractivity contribution in [2.45, 2.75) is 12.8 Å². The minimum atomic E-state index is -2.95. The lowest BCUT2D eigenvalue weighted by Crippen LogP contribution is -2.19. The maximum atomic E-state index is 13.0. The summed E-state index contributed by atoms with van der Waals surface area (Å²) in [5.41, 5.74) is 0.0579. The van der Waals surface area contributed by atoms with Crippen LogP contribution in [-0.4, -0.2) is 19.4 Å². The molecule has 0 saturated carbocycles. The van der Waals surface area contributed by atoms with Gasteiger partial charge >= 0.3 is 0 Å². The number of benzene rings is 1. The number of hydrogen-bond acceptors (Lipinski definition) is 2. The van der Waals surface area contributed by atoms with Gasteiger partial charge in [0.05, 0.1) is 11.6 Å². The monoisotopic (exact) mass is 247 g/mol. The summed E-state index contributed by atoms with van der Waals surface area (Å²) in [6.07, 6.45) is 0. The van der Waals surface area contributed by atoms with Crippen LogP contribution in [0.5, 0.6) is 0 Å². The van der Waals surface area contributed by atoms with E-state index in [0.29, 0.717) is 0 Å². The predicted octanol–water partition coefficient (Wildman–Crippen LogP) is 2.85. The van der Waals surface area contributed by atoms with Gasteiger partial charge in [0.1, 0.15) is 0 Å². The first-order valence-corrected chi connectivity index (χ1v) is 5.09. The number of rotatable bonds is 4. The molecule has 88 valence electrons. The largest absolute Gasteiger partial charge is 0.313 e. The fourth-order valence-electron chi connectivity index (χ4n) is 1.27. The van der Waals surface area contributed by atoms with E-state index in [2.05, 4.69) is 5.32 Å². The van der Waals surface area contributed by atoms with Crippen LogP contribution in [0.1, 0.15) is 22.8 Å². The topological polar surface area (TPSA) is 29.1 Å².